The summed E-state index contributed by atoms with van der Waals surface area (Å²) in [6, 6.07) is 20.8. The molecule has 130 valence electrons. The number of aromatic nitrogens is 1. The van der Waals surface area contributed by atoms with Crippen LogP contribution in [-0.2, 0) is 6.54 Å². The molecule has 2 heterocycles. The lowest BCUT2D eigenvalue weighted by Crippen LogP contribution is -2.28. The third kappa shape index (κ3) is 4.04. The first-order chi connectivity index (χ1) is 12.8. The minimum atomic E-state index is 0.789. The van der Waals surface area contributed by atoms with E-state index in [0.29, 0.717) is 0 Å². The molecule has 0 saturated carbocycles. The fourth-order valence-electron chi connectivity index (χ4n) is 3.40. The summed E-state index contributed by atoms with van der Waals surface area (Å²) >= 11 is 5.99. The standard InChI is InChI=1S/C23H21ClN2/c24-23-8-6-20(7-9-23)21-10-12-26(13-11-21)17-18-14-22(16-25-15-18)19-4-2-1-3-5-19/h1-10,14-16H,11-13,17H2. The van der Waals surface area contributed by atoms with Crippen molar-refractivity contribution in [3.8, 4) is 11.1 Å². The van der Waals surface area contributed by atoms with E-state index in [0.717, 1.165) is 31.1 Å². The van der Waals surface area contributed by atoms with E-state index in [-0.39, 0.29) is 0 Å². The molecule has 0 amide bonds. The number of nitrogens with zero attached hydrogens (tertiary/aromatic N) is 2. The molecule has 3 aromatic rings. The van der Waals surface area contributed by atoms with Crippen molar-refractivity contribution in [1.82, 2.24) is 9.88 Å². The molecule has 1 aliphatic rings. The van der Waals surface area contributed by atoms with E-state index < -0.39 is 0 Å². The highest BCUT2D eigenvalue weighted by molar-refractivity contribution is 6.30. The lowest BCUT2D eigenvalue weighted by atomic mass is 9.99. The molecule has 1 aromatic heterocycles. The Balaban J connectivity index is 1.44. The summed E-state index contributed by atoms with van der Waals surface area (Å²) in [4.78, 5) is 6.91. The van der Waals surface area contributed by atoms with E-state index >= 15 is 0 Å². The van der Waals surface area contributed by atoms with Gasteiger partial charge in [0.05, 0.1) is 0 Å². The molecule has 0 saturated heterocycles. The van der Waals surface area contributed by atoms with Crippen molar-refractivity contribution in [2.45, 2.75) is 13.0 Å². The number of hydrogen-bond acceptors (Lipinski definition) is 2. The lowest BCUT2D eigenvalue weighted by molar-refractivity contribution is 0.293. The van der Waals surface area contributed by atoms with Crippen molar-refractivity contribution in [2.24, 2.45) is 0 Å². The summed E-state index contributed by atoms with van der Waals surface area (Å²) in [5.41, 5.74) is 6.34. The van der Waals surface area contributed by atoms with Gasteiger partial charge in [0.2, 0.25) is 0 Å². The molecule has 2 nitrogen and oxygen atoms in total. The molecule has 0 bridgehead atoms. The molecule has 2 aromatic carbocycles. The second-order valence-electron chi connectivity index (χ2n) is 6.67. The first-order valence-electron chi connectivity index (χ1n) is 8.94. The maximum Gasteiger partial charge on any atom is 0.0406 e. The minimum Gasteiger partial charge on any atom is -0.295 e. The monoisotopic (exact) mass is 360 g/mol. The van der Waals surface area contributed by atoms with E-state index in [1.165, 1.54) is 27.8 Å². The Hall–Kier alpha value is -2.42. The molecule has 4 rings (SSSR count). The number of pyridine rings is 1. The van der Waals surface area contributed by atoms with Gasteiger partial charge in [-0.25, -0.2) is 0 Å². The Bertz CT molecular complexity index is 901. The Morgan fingerprint density at radius 3 is 2.42 bits per heavy atom. The zero-order valence-electron chi connectivity index (χ0n) is 14.6. The van der Waals surface area contributed by atoms with E-state index in [4.69, 9.17) is 11.6 Å². The van der Waals surface area contributed by atoms with Crippen LogP contribution in [0.25, 0.3) is 16.7 Å². The van der Waals surface area contributed by atoms with Crippen LogP contribution in [0, 0.1) is 0 Å². The first kappa shape index (κ1) is 17.0. The summed E-state index contributed by atoms with van der Waals surface area (Å²) in [6.45, 7) is 2.95. The highest BCUT2D eigenvalue weighted by atomic mass is 35.5. The Morgan fingerprint density at radius 2 is 1.69 bits per heavy atom. The maximum absolute atomic E-state index is 5.99. The van der Waals surface area contributed by atoms with Crippen molar-refractivity contribution in [3.05, 3.63) is 95.3 Å². The summed E-state index contributed by atoms with van der Waals surface area (Å²) in [5, 5.41) is 0.789. The molecule has 0 N–H and O–H groups in total. The van der Waals surface area contributed by atoms with Crippen LogP contribution in [0.1, 0.15) is 17.5 Å². The lowest BCUT2D eigenvalue weighted by Gasteiger charge is -2.26. The van der Waals surface area contributed by atoms with Crippen LogP contribution in [0.15, 0.2) is 79.1 Å². The highest BCUT2D eigenvalue weighted by Crippen LogP contribution is 2.25. The maximum atomic E-state index is 5.99. The quantitative estimate of drug-likeness (QED) is 0.594. The van der Waals surface area contributed by atoms with Crippen LogP contribution in [-0.4, -0.2) is 23.0 Å². The Labute approximate surface area is 159 Å². The third-order valence-electron chi connectivity index (χ3n) is 4.82. The molecular weight excluding hydrogens is 340 g/mol. The second-order valence-corrected chi connectivity index (χ2v) is 7.11. The molecule has 0 fully saturated rings. The summed E-state index contributed by atoms with van der Waals surface area (Å²) in [6.07, 6.45) is 7.31. The normalized spacial score (nSPS) is 14.9. The van der Waals surface area contributed by atoms with Crippen LogP contribution >= 0.6 is 11.6 Å². The van der Waals surface area contributed by atoms with Gasteiger partial charge >= 0.3 is 0 Å². The predicted octanol–water partition coefficient (Wildman–Crippen LogP) is 5.69. The zero-order chi connectivity index (χ0) is 17.8. The number of hydrogen-bond donors (Lipinski definition) is 0. The number of rotatable bonds is 4. The van der Waals surface area contributed by atoms with Gasteiger partial charge in [-0.15, -0.1) is 0 Å². The van der Waals surface area contributed by atoms with Crippen LogP contribution < -0.4 is 0 Å². The summed E-state index contributed by atoms with van der Waals surface area (Å²) in [5.74, 6) is 0. The van der Waals surface area contributed by atoms with Crippen molar-refractivity contribution in [3.63, 3.8) is 0 Å². The fraction of sp³-hybridized carbons (Fsp3) is 0.174. The number of halogens is 1. The molecule has 1 aliphatic heterocycles. The molecule has 0 aliphatic carbocycles. The van der Waals surface area contributed by atoms with Gasteiger partial charge in [-0.2, -0.15) is 0 Å². The average molecular weight is 361 g/mol. The van der Waals surface area contributed by atoms with Crippen LogP contribution in [0.5, 0.6) is 0 Å². The van der Waals surface area contributed by atoms with Gasteiger partial charge in [0.25, 0.3) is 0 Å². The molecule has 0 atom stereocenters. The van der Waals surface area contributed by atoms with Crippen molar-refractivity contribution in [1.29, 1.82) is 0 Å². The van der Waals surface area contributed by atoms with Gasteiger partial charge in [0, 0.05) is 42.6 Å². The van der Waals surface area contributed by atoms with Gasteiger partial charge in [-0.1, -0.05) is 60.1 Å². The predicted molar refractivity (Wildman–Crippen MR) is 109 cm³/mol. The van der Waals surface area contributed by atoms with E-state index in [9.17, 15) is 0 Å². The van der Waals surface area contributed by atoms with Gasteiger partial charge in [-0.05, 0) is 46.9 Å². The van der Waals surface area contributed by atoms with Gasteiger partial charge < -0.3 is 0 Å². The average Bonchev–Trinajstić information content (AvgIpc) is 2.70. The molecule has 0 spiro atoms. The van der Waals surface area contributed by atoms with Crippen molar-refractivity contribution >= 4 is 17.2 Å². The fourth-order valence-corrected chi connectivity index (χ4v) is 3.53. The van der Waals surface area contributed by atoms with Crippen molar-refractivity contribution in [2.75, 3.05) is 13.1 Å². The molecule has 26 heavy (non-hydrogen) atoms. The molecule has 3 heteroatoms. The SMILES string of the molecule is Clc1ccc(C2=CCN(Cc3cncc(-c4ccccc4)c3)CC2)cc1. The summed E-state index contributed by atoms with van der Waals surface area (Å²) in [7, 11) is 0. The number of benzene rings is 2. The smallest absolute Gasteiger partial charge is 0.0406 e. The third-order valence-corrected chi connectivity index (χ3v) is 5.07. The topological polar surface area (TPSA) is 16.1 Å². The van der Waals surface area contributed by atoms with Crippen LogP contribution in [0.3, 0.4) is 0 Å². The first-order valence-corrected chi connectivity index (χ1v) is 9.32. The van der Waals surface area contributed by atoms with E-state index in [1.807, 2.05) is 30.6 Å². The highest BCUT2D eigenvalue weighted by Gasteiger charge is 2.13. The van der Waals surface area contributed by atoms with Gasteiger partial charge in [-0.3, -0.25) is 9.88 Å². The van der Waals surface area contributed by atoms with Crippen molar-refractivity contribution < 1.29 is 0 Å². The van der Waals surface area contributed by atoms with Crippen LogP contribution in [0.4, 0.5) is 0 Å². The Kier molecular flexibility index (Phi) is 5.14. The molecule has 0 radical (unpaired) electrons. The summed E-state index contributed by atoms with van der Waals surface area (Å²) < 4.78 is 0. The van der Waals surface area contributed by atoms with E-state index in [1.54, 1.807) is 0 Å². The molecular formula is C23H21ClN2. The zero-order valence-corrected chi connectivity index (χ0v) is 15.4. The van der Waals surface area contributed by atoms with E-state index in [2.05, 4.69) is 58.4 Å². The van der Waals surface area contributed by atoms with Gasteiger partial charge in [0.15, 0.2) is 0 Å². The minimum absolute atomic E-state index is 0.789. The van der Waals surface area contributed by atoms with Gasteiger partial charge in [0.1, 0.15) is 0 Å². The Morgan fingerprint density at radius 1 is 0.885 bits per heavy atom. The second kappa shape index (κ2) is 7.86. The molecule has 0 unspecified atom stereocenters. The largest absolute Gasteiger partial charge is 0.295 e. The van der Waals surface area contributed by atoms with Crippen LogP contribution in [0.2, 0.25) is 5.02 Å².